The van der Waals surface area contributed by atoms with Crippen LogP contribution in [-0.4, -0.2) is 58.3 Å². The zero-order chi connectivity index (χ0) is 26.8. The van der Waals surface area contributed by atoms with E-state index in [1.807, 2.05) is 19.0 Å². The number of anilines is 1. The largest absolute Gasteiger partial charge is 0.422 e. The monoisotopic (exact) mass is 555 g/mol. The summed E-state index contributed by atoms with van der Waals surface area (Å²) >= 11 is 12.9. The molecule has 3 rings (SSSR count). The molecule has 0 fully saturated rings. The molecule has 3 aromatic rings. The van der Waals surface area contributed by atoms with E-state index in [1.165, 1.54) is 32.0 Å². The van der Waals surface area contributed by atoms with Gasteiger partial charge in [0.15, 0.2) is 5.75 Å². The second-order valence-corrected chi connectivity index (χ2v) is 11.4. The molecule has 1 amide bonds. The summed E-state index contributed by atoms with van der Waals surface area (Å²) in [4.78, 5) is 28.3. The standard InChI is InChI=1S/C24H27Cl2N3O6S/c1-6-36(32,33)27-19-9-7-8-14(22(19)26)10-16-17(13-28(2)3)15-11-18(25)21(35-24(31)29(4)5)12-20(15)34-23(16)30/h7-9,11-12,27H,6,10,13H2,1-5H3. The van der Waals surface area contributed by atoms with Gasteiger partial charge in [0, 0.05) is 44.1 Å². The van der Waals surface area contributed by atoms with Crippen LogP contribution in [0.5, 0.6) is 5.75 Å². The van der Waals surface area contributed by atoms with Crippen LogP contribution >= 0.6 is 23.2 Å². The molecule has 0 bridgehead atoms. The Kier molecular flexibility index (Phi) is 8.55. The second-order valence-electron chi connectivity index (χ2n) is 8.59. The number of carbonyl (C=O) groups excluding carboxylic acids is 1. The number of carbonyl (C=O) groups is 1. The Bertz CT molecular complexity index is 1470. The lowest BCUT2D eigenvalue weighted by molar-refractivity contribution is 0.172. The van der Waals surface area contributed by atoms with E-state index in [9.17, 15) is 18.0 Å². The molecule has 0 aliphatic heterocycles. The Morgan fingerprint density at radius 2 is 1.81 bits per heavy atom. The predicted molar refractivity (Wildman–Crippen MR) is 142 cm³/mol. The van der Waals surface area contributed by atoms with Crippen molar-refractivity contribution in [3.05, 3.63) is 67.5 Å². The molecule has 1 N–H and O–H groups in total. The van der Waals surface area contributed by atoms with Crippen LogP contribution in [0.3, 0.4) is 0 Å². The minimum atomic E-state index is -3.54. The molecule has 1 aromatic heterocycles. The molecule has 0 aliphatic rings. The Hall–Kier alpha value is -2.79. The van der Waals surface area contributed by atoms with Crippen molar-refractivity contribution >= 4 is 56.0 Å². The minimum Gasteiger partial charge on any atom is -0.422 e. The lowest BCUT2D eigenvalue weighted by Crippen LogP contribution is -2.25. The van der Waals surface area contributed by atoms with Crippen LogP contribution in [0.4, 0.5) is 10.5 Å². The molecule has 0 atom stereocenters. The van der Waals surface area contributed by atoms with Crippen LogP contribution < -0.4 is 15.1 Å². The number of halogens is 2. The lowest BCUT2D eigenvalue weighted by atomic mass is 9.97. The molecule has 0 aliphatic carbocycles. The van der Waals surface area contributed by atoms with Crippen molar-refractivity contribution in [2.45, 2.75) is 19.9 Å². The molecular weight excluding hydrogens is 529 g/mol. The van der Waals surface area contributed by atoms with E-state index in [0.29, 0.717) is 28.6 Å². The summed E-state index contributed by atoms with van der Waals surface area (Å²) in [5, 5.41) is 0.937. The summed E-state index contributed by atoms with van der Waals surface area (Å²) in [6.45, 7) is 1.90. The van der Waals surface area contributed by atoms with Crippen molar-refractivity contribution in [1.29, 1.82) is 0 Å². The van der Waals surface area contributed by atoms with Gasteiger partial charge in [-0.2, -0.15) is 0 Å². The number of nitrogens with zero attached hydrogens (tertiary/aromatic N) is 2. The Labute approximate surface area is 219 Å². The Morgan fingerprint density at radius 3 is 2.42 bits per heavy atom. The smallest absolute Gasteiger partial charge is 0.414 e. The van der Waals surface area contributed by atoms with Crippen LogP contribution in [0.1, 0.15) is 23.6 Å². The van der Waals surface area contributed by atoms with Crippen molar-refractivity contribution in [3.8, 4) is 5.75 Å². The average Bonchev–Trinajstić information content (AvgIpc) is 2.79. The number of benzene rings is 2. The molecule has 0 saturated heterocycles. The fraction of sp³-hybridized carbons (Fsp3) is 0.333. The number of ether oxygens (including phenoxy) is 1. The first-order valence-electron chi connectivity index (χ1n) is 10.9. The van der Waals surface area contributed by atoms with Crippen molar-refractivity contribution in [2.75, 3.05) is 38.7 Å². The van der Waals surface area contributed by atoms with Gasteiger partial charge >= 0.3 is 11.7 Å². The third-order valence-electron chi connectivity index (χ3n) is 5.30. The average molecular weight is 556 g/mol. The third-order valence-corrected chi connectivity index (χ3v) is 7.33. The van der Waals surface area contributed by atoms with Crippen molar-refractivity contribution in [3.63, 3.8) is 0 Å². The summed E-state index contributed by atoms with van der Waals surface area (Å²) < 4.78 is 37.4. The number of hydrogen-bond donors (Lipinski definition) is 1. The second kappa shape index (κ2) is 11.1. The van der Waals surface area contributed by atoms with Crippen LogP contribution in [0, 0.1) is 0 Å². The highest BCUT2D eigenvalue weighted by Gasteiger charge is 2.21. The van der Waals surface area contributed by atoms with Crippen molar-refractivity contribution < 1.29 is 22.4 Å². The van der Waals surface area contributed by atoms with Crippen LogP contribution in [0.2, 0.25) is 10.0 Å². The quantitative estimate of drug-likeness (QED) is 0.405. The molecule has 0 saturated carbocycles. The SMILES string of the molecule is CCS(=O)(=O)Nc1cccc(Cc2c(CN(C)C)c3cc(Cl)c(OC(=O)N(C)C)cc3oc2=O)c1Cl. The highest BCUT2D eigenvalue weighted by Crippen LogP contribution is 2.34. The zero-order valence-electron chi connectivity index (χ0n) is 20.5. The number of rotatable bonds is 8. The number of sulfonamides is 1. The molecule has 194 valence electrons. The number of fused-ring (bicyclic) bond motifs is 1. The minimum absolute atomic E-state index is 0.0634. The number of nitrogens with one attached hydrogen (secondary N) is 1. The lowest BCUT2D eigenvalue weighted by Gasteiger charge is -2.18. The first-order chi connectivity index (χ1) is 16.8. The van der Waals surface area contributed by atoms with E-state index in [1.54, 1.807) is 24.3 Å². The van der Waals surface area contributed by atoms with Gasteiger partial charge in [-0.1, -0.05) is 35.3 Å². The molecule has 0 radical (unpaired) electrons. The maximum atomic E-state index is 13.1. The molecule has 12 heteroatoms. The molecule has 2 aromatic carbocycles. The number of amides is 1. The first kappa shape index (κ1) is 27.8. The van der Waals surface area contributed by atoms with Gasteiger partial charge < -0.3 is 19.0 Å². The highest BCUT2D eigenvalue weighted by atomic mass is 35.5. The van der Waals surface area contributed by atoms with Gasteiger partial charge in [-0.15, -0.1) is 0 Å². The van der Waals surface area contributed by atoms with Gasteiger partial charge in [0.05, 0.1) is 21.5 Å². The maximum absolute atomic E-state index is 13.1. The molecule has 9 nitrogen and oxygen atoms in total. The maximum Gasteiger partial charge on any atom is 0.414 e. The molecule has 0 spiro atoms. The summed E-state index contributed by atoms with van der Waals surface area (Å²) in [6, 6.07) is 7.93. The van der Waals surface area contributed by atoms with E-state index in [0.717, 1.165) is 0 Å². The predicted octanol–water partition coefficient (Wildman–Crippen LogP) is 4.57. The van der Waals surface area contributed by atoms with Crippen molar-refractivity contribution in [1.82, 2.24) is 9.80 Å². The van der Waals surface area contributed by atoms with Gasteiger partial charge in [-0.25, -0.2) is 18.0 Å². The zero-order valence-corrected chi connectivity index (χ0v) is 22.8. The van der Waals surface area contributed by atoms with Crippen LogP contribution in [0.25, 0.3) is 11.0 Å². The molecule has 1 heterocycles. The first-order valence-corrected chi connectivity index (χ1v) is 13.3. The summed E-state index contributed by atoms with van der Waals surface area (Å²) in [7, 11) is 3.23. The van der Waals surface area contributed by atoms with Gasteiger partial charge in [0.2, 0.25) is 10.0 Å². The normalized spacial score (nSPS) is 11.7. The molecular formula is C24H27Cl2N3O6S. The molecule has 36 heavy (non-hydrogen) atoms. The van der Waals surface area contributed by atoms with E-state index in [-0.39, 0.29) is 39.2 Å². The summed E-state index contributed by atoms with van der Waals surface area (Å²) in [5.74, 6) is -0.0463. The fourth-order valence-electron chi connectivity index (χ4n) is 3.47. The van der Waals surface area contributed by atoms with E-state index < -0.39 is 21.7 Å². The van der Waals surface area contributed by atoms with Crippen LogP contribution in [0.15, 0.2) is 39.5 Å². The van der Waals surface area contributed by atoms with E-state index >= 15 is 0 Å². The van der Waals surface area contributed by atoms with Gasteiger partial charge in [0.25, 0.3) is 0 Å². The van der Waals surface area contributed by atoms with Crippen LogP contribution in [-0.2, 0) is 23.0 Å². The summed E-state index contributed by atoms with van der Waals surface area (Å²) in [5.41, 5.74) is 1.40. The number of hydrogen-bond acceptors (Lipinski definition) is 7. The van der Waals surface area contributed by atoms with Gasteiger partial charge in [-0.3, -0.25) is 4.72 Å². The van der Waals surface area contributed by atoms with Gasteiger partial charge in [0.1, 0.15) is 5.58 Å². The van der Waals surface area contributed by atoms with E-state index in [4.69, 9.17) is 32.4 Å². The van der Waals surface area contributed by atoms with Gasteiger partial charge in [-0.05, 0) is 44.3 Å². The Balaban J connectivity index is 2.14. The summed E-state index contributed by atoms with van der Waals surface area (Å²) in [6.07, 6.45) is -0.534. The topological polar surface area (TPSA) is 109 Å². The third kappa shape index (κ3) is 6.31. The molecule has 0 unspecified atom stereocenters. The van der Waals surface area contributed by atoms with Crippen molar-refractivity contribution in [2.24, 2.45) is 0 Å². The fourth-order valence-corrected chi connectivity index (χ4v) is 4.61. The highest BCUT2D eigenvalue weighted by molar-refractivity contribution is 7.92. The van der Waals surface area contributed by atoms with E-state index in [2.05, 4.69) is 4.72 Å². The Morgan fingerprint density at radius 1 is 1.11 bits per heavy atom.